The van der Waals surface area contributed by atoms with Gasteiger partial charge >= 0.3 is 58.2 Å². The van der Waals surface area contributed by atoms with Crippen molar-refractivity contribution in [3.05, 3.63) is 0 Å². The predicted molar refractivity (Wildman–Crippen MR) is 46.6 cm³/mol. The third kappa shape index (κ3) is 38.1. The van der Waals surface area contributed by atoms with Gasteiger partial charge in [-0.05, 0) is 6.92 Å². The summed E-state index contributed by atoms with van der Waals surface area (Å²) in [5.41, 5.74) is 0. The Kier molecular flexibility index (Phi) is 10.7. The predicted octanol–water partition coefficient (Wildman–Crippen LogP) is 1.10. The van der Waals surface area contributed by atoms with Crippen molar-refractivity contribution in [2.24, 2.45) is 0 Å². The van der Waals surface area contributed by atoms with Crippen LogP contribution in [0, 0.1) is 0 Å². The molecule has 2 nitrogen and oxygen atoms in total. The molecule has 0 aliphatic heterocycles. The van der Waals surface area contributed by atoms with Gasteiger partial charge in [0.15, 0.2) is 0 Å². The van der Waals surface area contributed by atoms with E-state index < -0.39 is 5.97 Å². The summed E-state index contributed by atoms with van der Waals surface area (Å²) in [5.74, 6) is -1.08. The number of carboxylic acids is 1. The molecule has 0 spiro atoms. The average molecular weight is 354 g/mol. The van der Waals surface area contributed by atoms with Crippen LogP contribution in [-0.4, -0.2) is 29.2 Å². The second kappa shape index (κ2) is 8.45. The molecule has 3 heteroatoms. The number of rotatable bonds is 2. The van der Waals surface area contributed by atoms with E-state index in [1.165, 1.54) is 0 Å². The van der Waals surface area contributed by atoms with Gasteiger partial charge in [0.2, 0.25) is 0 Å². The third-order valence-electron chi connectivity index (χ3n) is 0.596. The molecule has 0 aromatic heterocycles. The van der Waals surface area contributed by atoms with Crippen LogP contribution in [0.1, 0.15) is 34.6 Å². The summed E-state index contributed by atoms with van der Waals surface area (Å²) in [6.07, 6.45) is 0. The minimum absolute atomic E-state index is 0.0432. The van der Waals surface area contributed by atoms with Crippen LogP contribution in [0.25, 0.3) is 0 Å². The molecule has 0 amide bonds. The molecular formula is C8H17BiO2. The van der Waals surface area contributed by atoms with E-state index in [1.807, 2.05) is 0 Å². The Labute approximate surface area is 81.0 Å². The van der Waals surface area contributed by atoms with E-state index in [2.05, 4.69) is 27.7 Å². The standard InChI is InChI=1S/2C3H7.C2H4O2.Bi/c2*1-3-2;1-2(3)4;/h2*3H,1-2H3;1H3,(H,3,4);/q;;;+1/p-1. The van der Waals surface area contributed by atoms with Gasteiger partial charge in [0.05, 0.1) is 0 Å². The van der Waals surface area contributed by atoms with Crippen LogP contribution in [0.15, 0.2) is 0 Å². The van der Waals surface area contributed by atoms with Gasteiger partial charge in [0.1, 0.15) is 0 Å². The second-order valence-electron chi connectivity index (χ2n) is 2.83. The van der Waals surface area contributed by atoms with Crippen molar-refractivity contribution >= 4 is 29.2 Å². The Morgan fingerprint density at radius 2 is 1.36 bits per heavy atom. The minimum atomic E-state index is -1.08. The Hall–Kier alpha value is 0.353. The number of carbonyl (C=O) groups excluding carboxylic acids is 1. The molecule has 0 bridgehead atoms. The van der Waals surface area contributed by atoms with Crippen molar-refractivity contribution < 1.29 is 9.90 Å². The maximum absolute atomic E-state index is 8.89. The van der Waals surface area contributed by atoms with Crippen molar-refractivity contribution in [1.29, 1.82) is 0 Å². The van der Waals surface area contributed by atoms with Crippen LogP contribution in [0.2, 0.25) is 7.25 Å². The summed E-state index contributed by atoms with van der Waals surface area (Å²) in [7, 11) is 0. The summed E-state index contributed by atoms with van der Waals surface area (Å²) < 4.78 is 2.11. The first-order chi connectivity index (χ1) is 4.86. The first-order valence-electron chi connectivity index (χ1n) is 3.73. The fourth-order valence-electron chi connectivity index (χ4n) is 0.596. The molecule has 0 fully saturated rings. The molecule has 66 valence electrons. The molecule has 0 N–H and O–H groups in total. The topological polar surface area (TPSA) is 40.1 Å². The fourth-order valence-corrected chi connectivity index (χ4v) is 5.23. The van der Waals surface area contributed by atoms with Crippen LogP contribution < -0.4 is 5.11 Å². The number of hydrogen-bond acceptors (Lipinski definition) is 2. The Bertz CT molecular complexity index is 90.3. The van der Waals surface area contributed by atoms with E-state index in [-0.39, 0.29) is 23.2 Å². The van der Waals surface area contributed by atoms with E-state index in [1.54, 1.807) is 0 Å². The molecule has 0 aliphatic rings. The summed E-state index contributed by atoms with van der Waals surface area (Å²) in [4.78, 5) is 8.89. The zero-order valence-electron chi connectivity index (χ0n) is 7.92. The zero-order chi connectivity index (χ0) is 9.44. The van der Waals surface area contributed by atoms with E-state index in [9.17, 15) is 0 Å². The van der Waals surface area contributed by atoms with E-state index in [4.69, 9.17) is 9.90 Å². The first kappa shape index (κ1) is 13.9. The number of aliphatic carboxylic acids is 1. The van der Waals surface area contributed by atoms with Crippen molar-refractivity contribution in [2.45, 2.75) is 41.9 Å². The van der Waals surface area contributed by atoms with Gasteiger partial charge in [-0.25, -0.2) is 0 Å². The van der Waals surface area contributed by atoms with Gasteiger partial charge in [-0.3, -0.25) is 0 Å². The molecular weight excluding hydrogens is 337 g/mol. The summed E-state index contributed by atoms with van der Waals surface area (Å²) in [5, 5.41) is 8.89. The van der Waals surface area contributed by atoms with Gasteiger partial charge in [-0.2, -0.15) is 0 Å². The monoisotopic (exact) mass is 354 g/mol. The van der Waals surface area contributed by atoms with Gasteiger partial charge in [0.25, 0.3) is 0 Å². The Balaban J connectivity index is 0. The molecule has 0 unspecified atom stereocenters. The number of carboxylic acid groups (broad SMARTS) is 1. The summed E-state index contributed by atoms with van der Waals surface area (Å²) in [6.45, 7) is 10.3. The average Bonchev–Trinajstić information content (AvgIpc) is 1.56. The fraction of sp³-hybridized carbons (Fsp3) is 0.875. The molecule has 0 saturated heterocycles. The zero-order valence-corrected chi connectivity index (χ0v) is 11.4. The molecule has 0 atom stereocenters. The van der Waals surface area contributed by atoms with E-state index in [0.717, 1.165) is 14.2 Å². The van der Waals surface area contributed by atoms with Crippen LogP contribution in [-0.2, 0) is 4.79 Å². The van der Waals surface area contributed by atoms with Gasteiger partial charge < -0.3 is 9.90 Å². The molecule has 11 heavy (non-hydrogen) atoms. The molecule has 2 radical (unpaired) electrons. The van der Waals surface area contributed by atoms with Crippen LogP contribution in [0.5, 0.6) is 0 Å². The quantitative estimate of drug-likeness (QED) is 0.697. The molecule has 0 rings (SSSR count). The van der Waals surface area contributed by atoms with Gasteiger partial charge in [0, 0.05) is 5.97 Å². The van der Waals surface area contributed by atoms with Crippen LogP contribution >= 0.6 is 0 Å². The molecule has 0 heterocycles. The van der Waals surface area contributed by atoms with Crippen molar-refractivity contribution in [3.63, 3.8) is 0 Å². The van der Waals surface area contributed by atoms with Crippen LogP contribution in [0.4, 0.5) is 0 Å². The molecule has 0 aromatic carbocycles. The normalized spacial score (nSPS) is 9.36. The van der Waals surface area contributed by atoms with Crippen molar-refractivity contribution in [3.8, 4) is 0 Å². The number of hydrogen-bond donors (Lipinski definition) is 0. The van der Waals surface area contributed by atoms with Crippen molar-refractivity contribution in [1.82, 2.24) is 0 Å². The summed E-state index contributed by atoms with van der Waals surface area (Å²) >= 11 is -0.0432. The van der Waals surface area contributed by atoms with E-state index in [0.29, 0.717) is 0 Å². The van der Waals surface area contributed by atoms with Crippen molar-refractivity contribution in [2.75, 3.05) is 0 Å². The SMILES string of the molecule is CC(=O)[O-].C[CH](C)[Bi+][CH](C)C. The third-order valence-corrected chi connectivity index (χ3v) is 5.23. The van der Waals surface area contributed by atoms with Gasteiger partial charge in [-0.1, -0.05) is 0 Å². The summed E-state index contributed by atoms with van der Waals surface area (Å²) in [6, 6.07) is 0. The maximum atomic E-state index is 8.89. The molecule has 0 aromatic rings. The van der Waals surface area contributed by atoms with Gasteiger partial charge in [-0.15, -0.1) is 0 Å². The first-order valence-corrected chi connectivity index (χ1v) is 7.75. The Morgan fingerprint density at radius 3 is 1.36 bits per heavy atom. The number of carbonyl (C=O) groups is 1. The van der Waals surface area contributed by atoms with E-state index >= 15 is 0 Å². The second-order valence-corrected chi connectivity index (χ2v) is 12.0. The molecule has 0 aliphatic carbocycles. The Morgan fingerprint density at radius 1 is 1.18 bits per heavy atom. The van der Waals surface area contributed by atoms with Crippen LogP contribution in [0.3, 0.4) is 0 Å². The molecule has 0 saturated carbocycles.